The van der Waals surface area contributed by atoms with Crippen LogP contribution in [0.1, 0.15) is 32.1 Å². The van der Waals surface area contributed by atoms with Crippen LogP contribution < -0.4 is 10.1 Å². The Labute approximate surface area is 117 Å². The SMILES string of the molecule is c1cc(OC2CC3CCCC(C2)N3)c2sncc2c1. The summed E-state index contributed by atoms with van der Waals surface area (Å²) in [5, 5.41) is 4.90. The summed E-state index contributed by atoms with van der Waals surface area (Å²) >= 11 is 1.53. The molecule has 19 heavy (non-hydrogen) atoms. The lowest BCUT2D eigenvalue weighted by Crippen LogP contribution is -2.51. The number of aromatic nitrogens is 1. The average Bonchev–Trinajstić information content (AvgIpc) is 2.88. The van der Waals surface area contributed by atoms with E-state index in [1.54, 1.807) is 0 Å². The molecule has 0 aliphatic carbocycles. The molecule has 2 saturated heterocycles. The van der Waals surface area contributed by atoms with Gasteiger partial charge in [-0.15, -0.1) is 0 Å². The van der Waals surface area contributed by atoms with E-state index in [2.05, 4.69) is 27.9 Å². The maximum atomic E-state index is 6.29. The number of rotatable bonds is 2. The Morgan fingerprint density at radius 1 is 1.21 bits per heavy atom. The molecule has 2 unspecified atom stereocenters. The van der Waals surface area contributed by atoms with Gasteiger partial charge in [-0.05, 0) is 43.3 Å². The van der Waals surface area contributed by atoms with Gasteiger partial charge in [0.25, 0.3) is 0 Å². The van der Waals surface area contributed by atoms with Gasteiger partial charge >= 0.3 is 0 Å². The summed E-state index contributed by atoms with van der Waals surface area (Å²) in [7, 11) is 0. The summed E-state index contributed by atoms with van der Waals surface area (Å²) in [5.74, 6) is 1.02. The van der Waals surface area contributed by atoms with Gasteiger partial charge in [-0.25, -0.2) is 0 Å². The monoisotopic (exact) mass is 274 g/mol. The normalized spacial score (nSPS) is 30.4. The summed E-state index contributed by atoms with van der Waals surface area (Å²) in [5.41, 5.74) is 0. The zero-order valence-electron chi connectivity index (χ0n) is 10.8. The van der Waals surface area contributed by atoms with Crippen molar-refractivity contribution in [2.24, 2.45) is 0 Å². The van der Waals surface area contributed by atoms with Gasteiger partial charge in [-0.1, -0.05) is 18.6 Å². The molecule has 2 aliphatic rings. The van der Waals surface area contributed by atoms with E-state index in [0.717, 1.165) is 18.6 Å². The second-order valence-corrected chi connectivity index (χ2v) is 6.50. The molecular formula is C15H18N2OS. The van der Waals surface area contributed by atoms with E-state index in [4.69, 9.17) is 4.74 Å². The standard InChI is InChI=1S/C15H18N2OS/c1-3-10-9-16-19-15(10)14(6-1)18-13-7-11-4-2-5-12(8-13)17-11/h1,3,6,9,11-13,17H,2,4-5,7-8H2. The Morgan fingerprint density at radius 2 is 2.05 bits per heavy atom. The predicted molar refractivity (Wildman–Crippen MR) is 77.8 cm³/mol. The molecule has 4 heteroatoms. The van der Waals surface area contributed by atoms with Crippen molar-refractivity contribution in [1.82, 2.24) is 9.69 Å². The molecule has 3 nitrogen and oxygen atoms in total. The van der Waals surface area contributed by atoms with Crippen LogP contribution in [0.2, 0.25) is 0 Å². The molecule has 1 aromatic carbocycles. The van der Waals surface area contributed by atoms with Gasteiger partial charge in [0.05, 0.1) is 4.70 Å². The summed E-state index contributed by atoms with van der Waals surface area (Å²) < 4.78 is 11.7. The molecule has 0 spiro atoms. The maximum absolute atomic E-state index is 6.29. The minimum absolute atomic E-state index is 0.365. The Bertz CT molecular complexity index is 570. The van der Waals surface area contributed by atoms with Crippen molar-refractivity contribution in [2.75, 3.05) is 0 Å². The van der Waals surface area contributed by atoms with E-state index in [-0.39, 0.29) is 0 Å². The van der Waals surface area contributed by atoms with E-state index in [1.807, 2.05) is 6.20 Å². The number of nitrogens with zero attached hydrogens (tertiary/aromatic N) is 1. The maximum Gasteiger partial charge on any atom is 0.139 e. The van der Waals surface area contributed by atoms with Crippen LogP contribution in [0.15, 0.2) is 24.4 Å². The minimum atomic E-state index is 0.365. The van der Waals surface area contributed by atoms with Crippen LogP contribution in [0.4, 0.5) is 0 Å². The van der Waals surface area contributed by atoms with E-state index in [0.29, 0.717) is 18.2 Å². The van der Waals surface area contributed by atoms with Crippen LogP contribution in [0.25, 0.3) is 10.1 Å². The smallest absolute Gasteiger partial charge is 0.139 e. The van der Waals surface area contributed by atoms with Gasteiger partial charge in [0, 0.05) is 23.7 Å². The largest absolute Gasteiger partial charge is 0.489 e. The first kappa shape index (κ1) is 11.7. The highest BCUT2D eigenvalue weighted by atomic mass is 32.1. The minimum Gasteiger partial charge on any atom is -0.489 e. The van der Waals surface area contributed by atoms with Crippen molar-refractivity contribution in [3.63, 3.8) is 0 Å². The number of fused-ring (bicyclic) bond motifs is 3. The third kappa shape index (κ3) is 2.23. The third-order valence-corrected chi connectivity index (χ3v) is 5.14. The van der Waals surface area contributed by atoms with Gasteiger partial charge < -0.3 is 10.1 Å². The van der Waals surface area contributed by atoms with Gasteiger partial charge in [0.1, 0.15) is 11.9 Å². The lowest BCUT2D eigenvalue weighted by molar-refractivity contribution is 0.0941. The van der Waals surface area contributed by atoms with Crippen molar-refractivity contribution < 1.29 is 4.74 Å². The molecule has 100 valence electrons. The van der Waals surface area contributed by atoms with Crippen LogP contribution in [0, 0.1) is 0 Å². The van der Waals surface area contributed by atoms with E-state index in [9.17, 15) is 0 Å². The van der Waals surface area contributed by atoms with Crippen LogP contribution >= 0.6 is 11.5 Å². The molecule has 2 atom stereocenters. The molecule has 1 N–H and O–H groups in total. The predicted octanol–water partition coefficient (Wildman–Crippen LogP) is 3.35. The van der Waals surface area contributed by atoms with Gasteiger partial charge in [0.2, 0.25) is 0 Å². The number of piperidine rings is 2. The quantitative estimate of drug-likeness (QED) is 0.912. The number of ether oxygens (including phenoxy) is 1. The zero-order chi connectivity index (χ0) is 12.7. The molecule has 2 bridgehead atoms. The summed E-state index contributed by atoms with van der Waals surface area (Å²) in [4.78, 5) is 0. The zero-order valence-corrected chi connectivity index (χ0v) is 11.7. The molecule has 0 radical (unpaired) electrons. The Balaban J connectivity index is 1.56. The summed E-state index contributed by atoms with van der Waals surface area (Å²) in [6, 6.07) is 7.58. The van der Waals surface area contributed by atoms with Crippen LogP contribution in [0.5, 0.6) is 5.75 Å². The van der Waals surface area contributed by atoms with Crippen LogP contribution in [0.3, 0.4) is 0 Å². The van der Waals surface area contributed by atoms with Crippen molar-refractivity contribution in [2.45, 2.75) is 50.3 Å². The lowest BCUT2D eigenvalue weighted by atomic mass is 9.85. The Morgan fingerprint density at radius 3 is 2.89 bits per heavy atom. The van der Waals surface area contributed by atoms with E-state index < -0.39 is 0 Å². The first-order valence-electron chi connectivity index (χ1n) is 7.14. The van der Waals surface area contributed by atoms with Crippen molar-refractivity contribution >= 4 is 21.6 Å². The molecule has 1 aromatic heterocycles. The van der Waals surface area contributed by atoms with Gasteiger partial charge in [-0.3, -0.25) is 0 Å². The molecule has 4 rings (SSSR count). The van der Waals surface area contributed by atoms with E-state index >= 15 is 0 Å². The fraction of sp³-hybridized carbons (Fsp3) is 0.533. The molecule has 2 fully saturated rings. The summed E-state index contributed by atoms with van der Waals surface area (Å²) in [6.45, 7) is 0. The fourth-order valence-electron chi connectivity index (χ4n) is 3.45. The van der Waals surface area contributed by atoms with Crippen LogP contribution in [-0.4, -0.2) is 22.6 Å². The van der Waals surface area contributed by atoms with E-state index in [1.165, 1.54) is 40.9 Å². The highest BCUT2D eigenvalue weighted by Crippen LogP contribution is 2.33. The Hall–Kier alpha value is -1.13. The molecule has 2 aliphatic heterocycles. The first-order chi connectivity index (χ1) is 9.38. The average molecular weight is 274 g/mol. The molecule has 3 heterocycles. The van der Waals surface area contributed by atoms with Gasteiger partial charge in [0.15, 0.2) is 0 Å². The van der Waals surface area contributed by atoms with Crippen molar-refractivity contribution in [1.29, 1.82) is 0 Å². The summed E-state index contributed by atoms with van der Waals surface area (Å²) in [6.07, 6.45) is 8.56. The van der Waals surface area contributed by atoms with Crippen LogP contribution in [-0.2, 0) is 0 Å². The third-order valence-electron chi connectivity index (χ3n) is 4.31. The Kier molecular flexibility index (Phi) is 2.93. The molecule has 2 aromatic rings. The second-order valence-electron chi connectivity index (χ2n) is 5.70. The molecule has 0 saturated carbocycles. The van der Waals surface area contributed by atoms with Crippen molar-refractivity contribution in [3.8, 4) is 5.75 Å². The first-order valence-corrected chi connectivity index (χ1v) is 7.92. The highest BCUT2D eigenvalue weighted by Gasteiger charge is 2.32. The molecule has 0 amide bonds. The topological polar surface area (TPSA) is 34.1 Å². The molecular weight excluding hydrogens is 256 g/mol. The number of benzene rings is 1. The van der Waals surface area contributed by atoms with Gasteiger partial charge in [-0.2, -0.15) is 4.37 Å². The lowest BCUT2D eigenvalue weighted by Gasteiger charge is -2.40. The second kappa shape index (κ2) is 4.76. The highest BCUT2D eigenvalue weighted by molar-refractivity contribution is 7.13. The fourth-order valence-corrected chi connectivity index (χ4v) is 4.15. The number of hydrogen-bond acceptors (Lipinski definition) is 4. The van der Waals surface area contributed by atoms with Crippen molar-refractivity contribution in [3.05, 3.63) is 24.4 Å². The number of hydrogen-bond donors (Lipinski definition) is 1. The number of nitrogens with one attached hydrogen (secondary N) is 1.